The third-order valence-electron chi connectivity index (χ3n) is 2.81. The molecule has 0 aliphatic heterocycles. The van der Waals surface area contributed by atoms with Crippen LogP contribution in [0.5, 0.6) is 6.01 Å². The van der Waals surface area contributed by atoms with Crippen LogP contribution in [0.15, 0.2) is 30.7 Å². The van der Waals surface area contributed by atoms with Gasteiger partial charge < -0.3 is 10.1 Å². The first kappa shape index (κ1) is 12.4. The number of pyridine rings is 1. The van der Waals surface area contributed by atoms with E-state index in [4.69, 9.17) is 4.74 Å². The van der Waals surface area contributed by atoms with Gasteiger partial charge in [0, 0.05) is 29.8 Å². The van der Waals surface area contributed by atoms with Crippen molar-refractivity contribution in [3.8, 4) is 6.01 Å². The minimum absolute atomic E-state index is 0.0320. The number of aryl methyl sites for hydroxylation is 1. The molecule has 5 nitrogen and oxygen atoms in total. The van der Waals surface area contributed by atoms with Gasteiger partial charge in [0.2, 0.25) is 0 Å². The van der Waals surface area contributed by atoms with Crippen molar-refractivity contribution in [1.82, 2.24) is 20.3 Å². The Balaban J connectivity index is 2.36. The van der Waals surface area contributed by atoms with Crippen LogP contribution in [0, 0.1) is 6.92 Å². The number of hydrogen-bond acceptors (Lipinski definition) is 5. The summed E-state index contributed by atoms with van der Waals surface area (Å²) in [7, 11) is 3.46. The lowest BCUT2D eigenvalue weighted by atomic mass is 10.0. The predicted molar refractivity (Wildman–Crippen MR) is 68.5 cm³/mol. The molecule has 0 fully saturated rings. The largest absolute Gasteiger partial charge is 0.467 e. The molecule has 0 saturated carbocycles. The zero-order chi connectivity index (χ0) is 13.0. The van der Waals surface area contributed by atoms with Gasteiger partial charge in [-0.05, 0) is 25.6 Å². The monoisotopic (exact) mass is 244 g/mol. The Bertz CT molecular complexity index is 513. The van der Waals surface area contributed by atoms with Gasteiger partial charge in [0.05, 0.1) is 13.2 Å². The van der Waals surface area contributed by atoms with Crippen LogP contribution in [0.3, 0.4) is 0 Å². The number of nitrogens with one attached hydrogen (secondary N) is 1. The maximum atomic E-state index is 4.96. The van der Waals surface area contributed by atoms with E-state index < -0.39 is 0 Å². The lowest BCUT2D eigenvalue weighted by Crippen LogP contribution is -2.19. The standard InChI is InChI=1S/C13H16N4O/c1-9-11(5-4-6-15-9)12(14-2)10-7-16-13(18-3)17-8-10/h4-8,12,14H,1-3H3. The minimum atomic E-state index is 0.0320. The van der Waals surface area contributed by atoms with Gasteiger partial charge in [-0.3, -0.25) is 4.98 Å². The number of rotatable bonds is 4. The van der Waals surface area contributed by atoms with Gasteiger partial charge in [-0.25, -0.2) is 9.97 Å². The maximum absolute atomic E-state index is 4.96. The van der Waals surface area contributed by atoms with E-state index in [0.29, 0.717) is 6.01 Å². The van der Waals surface area contributed by atoms with Gasteiger partial charge in [-0.2, -0.15) is 0 Å². The predicted octanol–water partition coefficient (Wildman–Crippen LogP) is 1.50. The van der Waals surface area contributed by atoms with Crippen LogP contribution in [0.2, 0.25) is 0 Å². The average molecular weight is 244 g/mol. The summed E-state index contributed by atoms with van der Waals surface area (Å²) in [5.74, 6) is 0. The van der Waals surface area contributed by atoms with Crippen molar-refractivity contribution in [2.45, 2.75) is 13.0 Å². The van der Waals surface area contributed by atoms with Gasteiger partial charge in [0.1, 0.15) is 0 Å². The summed E-state index contributed by atoms with van der Waals surface area (Å²) < 4.78 is 4.96. The van der Waals surface area contributed by atoms with E-state index in [1.54, 1.807) is 25.7 Å². The van der Waals surface area contributed by atoms with E-state index >= 15 is 0 Å². The summed E-state index contributed by atoms with van der Waals surface area (Å²) in [4.78, 5) is 12.6. The molecule has 1 unspecified atom stereocenters. The summed E-state index contributed by atoms with van der Waals surface area (Å²) >= 11 is 0. The number of ether oxygens (including phenoxy) is 1. The molecule has 0 amide bonds. The van der Waals surface area contributed by atoms with E-state index in [1.807, 2.05) is 26.1 Å². The van der Waals surface area contributed by atoms with Crippen LogP contribution in [0.1, 0.15) is 22.9 Å². The fourth-order valence-electron chi connectivity index (χ4n) is 1.88. The first-order valence-corrected chi connectivity index (χ1v) is 5.71. The molecule has 5 heteroatoms. The molecule has 94 valence electrons. The van der Waals surface area contributed by atoms with Crippen LogP contribution in [-0.4, -0.2) is 29.1 Å². The highest BCUT2D eigenvalue weighted by molar-refractivity contribution is 5.31. The highest BCUT2D eigenvalue weighted by Gasteiger charge is 2.15. The van der Waals surface area contributed by atoms with Gasteiger partial charge >= 0.3 is 6.01 Å². The fraction of sp³-hybridized carbons (Fsp3) is 0.308. The second-order valence-corrected chi connectivity index (χ2v) is 3.90. The Morgan fingerprint density at radius 2 is 1.94 bits per heavy atom. The van der Waals surface area contributed by atoms with Crippen LogP contribution in [0.25, 0.3) is 0 Å². The highest BCUT2D eigenvalue weighted by Crippen LogP contribution is 2.22. The lowest BCUT2D eigenvalue weighted by molar-refractivity contribution is 0.379. The second-order valence-electron chi connectivity index (χ2n) is 3.90. The molecule has 0 spiro atoms. The molecule has 2 aromatic heterocycles. The van der Waals surface area contributed by atoms with Crippen LogP contribution in [0.4, 0.5) is 0 Å². The zero-order valence-corrected chi connectivity index (χ0v) is 10.7. The van der Waals surface area contributed by atoms with E-state index in [2.05, 4.69) is 20.3 Å². The van der Waals surface area contributed by atoms with E-state index in [9.17, 15) is 0 Å². The Hall–Kier alpha value is -2.01. The van der Waals surface area contributed by atoms with Crippen molar-refractivity contribution in [3.63, 3.8) is 0 Å². The summed E-state index contributed by atoms with van der Waals surface area (Å²) in [6.07, 6.45) is 5.31. The van der Waals surface area contributed by atoms with Crippen LogP contribution in [-0.2, 0) is 0 Å². The normalized spacial score (nSPS) is 12.2. The van der Waals surface area contributed by atoms with Crippen molar-refractivity contribution >= 4 is 0 Å². The molecule has 18 heavy (non-hydrogen) atoms. The summed E-state index contributed by atoms with van der Waals surface area (Å²) in [6.45, 7) is 1.99. The van der Waals surface area contributed by atoms with Crippen LogP contribution >= 0.6 is 0 Å². The topological polar surface area (TPSA) is 59.9 Å². The third kappa shape index (κ3) is 2.46. The molecule has 0 aromatic carbocycles. The van der Waals surface area contributed by atoms with Crippen molar-refractivity contribution in [2.24, 2.45) is 0 Å². The van der Waals surface area contributed by atoms with Crippen molar-refractivity contribution in [2.75, 3.05) is 14.2 Å². The molecular formula is C13H16N4O. The van der Waals surface area contributed by atoms with Gasteiger partial charge in [0.15, 0.2) is 0 Å². The maximum Gasteiger partial charge on any atom is 0.316 e. The van der Waals surface area contributed by atoms with E-state index in [1.165, 1.54) is 0 Å². The Labute approximate surface area is 106 Å². The molecule has 1 atom stereocenters. The summed E-state index contributed by atoms with van der Waals surface area (Å²) in [5, 5.41) is 3.25. The van der Waals surface area contributed by atoms with Crippen LogP contribution < -0.4 is 10.1 Å². The number of methoxy groups -OCH3 is 1. The number of hydrogen-bond donors (Lipinski definition) is 1. The molecule has 0 saturated heterocycles. The van der Waals surface area contributed by atoms with Gasteiger partial charge in [-0.1, -0.05) is 6.07 Å². The van der Waals surface area contributed by atoms with Gasteiger partial charge in [-0.15, -0.1) is 0 Å². The van der Waals surface area contributed by atoms with Crippen molar-refractivity contribution in [1.29, 1.82) is 0 Å². The van der Waals surface area contributed by atoms with E-state index in [0.717, 1.165) is 16.8 Å². The molecular weight excluding hydrogens is 228 g/mol. The average Bonchev–Trinajstić information content (AvgIpc) is 2.42. The highest BCUT2D eigenvalue weighted by atomic mass is 16.5. The third-order valence-corrected chi connectivity index (χ3v) is 2.81. The smallest absolute Gasteiger partial charge is 0.316 e. The molecule has 2 rings (SSSR count). The SMILES string of the molecule is CNC(c1cnc(OC)nc1)c1cccnc1C. The molecule has 0 aliphatic rings. The summed E-state index contributed by atoms with van der Waals surface area (Å²) in [6, 6.07) is 4.38. The molecule has 2 aromatic rings. The molecule has 0 aliphatic carbocycles. The first-order chi connectivity index (χ1) is 8.76. The lowest BCUT2D eigenvalue weighted by Gasteiger charge is -2.18. The molecule has 0 bridgehead atoms. The Kier molecular flexibility index (Phi) is 3.84. The number of aromatic nitrogens is 3. The Morgan fingerprint density at radius 3 is 2.50 bits per heavy atom. The summed E-state index contributed by atoms with van der Waals surface area (Å²) in [5.41, 5.74) is 3.09. The molecule has 1 N–H and O–H groups in total. The Morgan fingerprint density at radius 1 is 1.22 bits per heavy atom. The van der Waals surface area contributed by atoms with Crippen molar-refractivity contribution in [3.05, 3.63) is 47.5 Å². The molecule has 0 radical (unpaired) electrons. The van der Waals surface area contributed by atoms with Gasteiger partial charge in [0.25, 0.3) is 0 Å². The van der Waals surface area contributed by atoms with Crippen molar-refractivity contribution < 1.29 is 4.74 Å². The quantitative estimate of drug-likeness (QED) is 0.883. The molecule has 2 heterocycles. The minimum Gasteiger partial charge on any atom is -0.467 e. The first-order valence-electron chi connectivity index (χ1n) is 5.71. The fourth-order valence-corrected chi connectivity index (χ4v) is 1.88. The zero-order valence-electron chi connectivity index (χ0n) is 10.7. The number of nitrogens with zero attached hydrogens (tertiary/aromatic N) is 3. The second kappa shape index (κ2) is 5.55. The van der Waals surface area contributed by atoms with E-state index in [-0.39, 0.29) is 6.04 Å².